The summed E-state index contributed by atoms with van der Waals surface area (Å²) in [6, 6.07) is 0. The predicted molar refractivity (Wildman–Crippen MR) is 67.9 cm³/mol. The van der Waals surface area contributed by atoms with E-state index in [1.807, 2.05) is 0 Å². The van der Waals surface area contributed by atoms with Crippen LogP contribution in [0.1, 0.15) is 20.3 Å². The van der Waals surface area contributed by atoms with Crippen LogP contribution in [0.25, 0.3) is 0 Å². The first-order valence-corrected chi connectivity index (χ1v) is 6.08. The van der Waals surface area contributed by atoms with E-state index in [0.29, 0.717) is 11.0 Å². The van der Waals surface area contributed by atoms with Gasteiger partial charge in [0.2, 0.25) is 0 Å². The molecule has 0 fully saturated rings. The Labute approximate surface area is 102 Å². The summed E-state index contributed by atoms with van der Waals surface area (Å²) in [5.74, 6) is 0.670. The van der Waals surface area contributed by atoms with Crippen molar-refractivity contribution in [3.8, 4) is 0 Å². The molecule has 0 saturated heterocycles. The van der Waals surface area contributed by atoms with Crippen LogP contribution < -0.4 is 5.32 Å². The molecule has 0 aliphatic carbocycles. The van der Waals surface area contributed by atoms with Gasteiger partial charge >= 0.3 is 0 Å². The molecule has 1 rings (SSSR count). The van der Waals surface area contributed by atoms with Crippen molar-refractivity contribution >= 4 is 17.4 Å². The second-order valence-corrected chi connectivity index (χ2v) is 3.86. The molecule has 4 nitrogen and oxygen atoms in total. The number of nitrogens with zero attached hydrogens (tertiary/aromatic N) is 3. The van der Waals surface area contributed by atoms with Gasteiger partial charge in [0.25, 0.3) is 0 Å². The van der Waals surface area contributed by atoms with Gasteiger partial charge in [-0.25, -0.2) is 9.97 Å². The Hall–Kier alpha value is -0.870. The summed E-state index contributed by atoms with van der Waals surface area (Å²) in [4.78, 5) is 10.5. The first-order chi connectivity index (χ1) is 7.77. The molecule has 1 heterocycles. The highest BCUT2D eigenvalue weighted by atomic mass is 35.5. The van der Waals surface area contributed by atoms with Gasteiger partial charge in [-0.1, -0.05) is 25.4 Å². The number of hydrogen-bond donors (Lipinski definition) is 1. The Morgan fingerprint density at radius 1 is 1.25 bits per heavy atom. The Bertz CT molecular complexity index is 302. The van der Waals surface area contributed by atoms with Gasteiger partial charge in [-0.05, 0) is 26.1 Å². The standard InChI is InChI=1S/C11H19ClN4/c1-3-16(4-2)9-5-6-14-11-10(12)13-7-8-15-11/h7-8H,3-6,9H2,1-2H3,(H,14,15). The van der Waals surface area contributed by atoms with Gasteiger partial charge in [0.05, 0.1) is 0 Å². The van der Waals surface area contributed by atoms with Crippen molar-refractivity contribution in [2.45, 2.75) is 20.3 Å². The molecule has 5 heteroatoms. The summed E-state index contributed by atoms with van der Waals surface area (Å²) in [7, 11) is 0. The number of anilines is 1. The largest absolute Gasteiger partial charge is 0.367 e. The van der Waals surface area contributed by atoms with E-state index in [9.17, 15) is 0 Å². The number of hydrogen-bond acceptors (Lipinski definition) is 4. The molecule has 0 radical (unpaired) electrons. The molecular weight excluding hydrogens is 224 g/mol. The second-order valence-electron chi connectivity index (χ2n) is 3.50. The fourth-order valence-corrected chi connectivity index (χ4v) is 1.66. The van der Waals surface area contributed by atoms with Gasteiger partial charge in [0.15, 0.2) is 11.0 Å². The van der Waals surface area contributed by atoms with Crippen LogP contribution in [0.2, 0.25) is 5.15 Å². The van der Waals surface area contributed by atoms with Crippen LogP contribution in [0.3, 0.4) is 0 Å². The molecule has 0 saturated carbocycles. The van der Waals surface area contributed by atoms with Crippen molar-refractivity contribution in [3.05, 3.63) is 17.5 Å². The van der Waals surface area contributed by atoms with E-state index in [2.05, 4.69) is 34.0 Å². The van der Waals surface area contributed by atoms with E-state index in [0.717, 1.165) is 32.6 Å². The molecule has 0 aliphatic rings. The summed E-state index contributed by atoms with van der Waals surface area (Å²) >= 11 is 5.87. The zero-order valence-electron chi connectivity index (χ0n) is 9.91. The monoisotopic (exact) mass is 242 g/mol. The molecule has 0 amide bonds. The SMILES string of the molecule is CCN(CC)CCCNc1nccnc1Cl. The number of nitrogens with one attached hydrogen (secondary N) is 1. The molecule has 16 heavy (non-hydrogen) atoms. The van der Waals surface area contributed by atoms with E-state index in [1.165, 1.54) is 0 Å². The van der Waals surface area contributed by atoms with Crippen molar-refractivity contribution in [2.75, 3.05) is 31.5 Å². The average molecular weight is 243 g/mol. The highest BCUT2D eigenvalue weighted by molar-refractivity contribution is 6.31. The van der Waals surface area contributed by atoms with Gasteiger partial charge in [-0.2, -0.15) is 0 Å². The molecule has 1 aromatic rings. The summed E-state index contributed by atoms with van der Waals surface area (Å²) in [6.07, 6.45) is 4.30. The van der Waals surface area contributed by atoms with Crippen molar-refractivity contribution in [1.29, 1.82) is 0 Å². The van der Waals surface area contributed by atoms with E-state index in [4.69, 9.17) is 11.6 Å². The molecule has 90 valence electrons. The number of halogens is 1. The fraction of sp³-hybridized carbons (Fsp3) is 0.636. The third-order valence-electron chi connectivity index (χ3n) is 2.49. The average Bonchev–Trinajstić information content (AvgIpc) is 2.31. The third kappa shape index (κ3) is 4.33. The molecule has 0 spiro atoms. The summed E-state index contributed by atoms with van der Waals surface area (Å²) in [6.45, 7) is 8.52. The topological polar surface area (TPSA) is 41.0 Å². The Morgan fingerprint density at radius 3 is 2.56 bits per heavy atom. The van der Waals surface area contributed by atoms with Crippen LogP contribution in [0, 0.1) is 0 Å². The predicted octanol–water partition coefficient (Wildman–Crippen LogP) is 2.27. The summed E-state index contributed by atoms with van der Waals surface area (Å²) < 4.78 is 0. The van der Waals surface area contributed by atoms with Crippen LogP contribution in [0.5, 0.6) is 0 Å². The maximum absolute atomic E-state index is 5.87. The second kappa shape index (κ2) is 7.41. The first kappa shape index (κ1) is 13.2. The molecular formula is C11H19ClN4. The highest BCUT2D eigenvalue weighted by Gasteiger charge is 2.01. The lowest BCUT2D eigenvalue weighted by atomic mass is 10.3. The Balaban J connectivity index is 2.23. The van der Waals surface area contributed by atoms with Crippen molar-refractivity contribution in [2.24, 2.45) is 0 Å². The van der Waals surface area contributed by atoms with E-state index in [1.54, 1.807) is 12.4 Å². The minimum Gasteiger partial charge on any atom is -0.367 e. The number of rotatable bonds is 7. The lowest BCUT2D eigenvalue weighted by Gasteiger charge is -2.17. The fourth-order valence-electron chi connectivity index (χ4n) is 1.49. The summed E-state index contributed by atoms with van der Waals surface area (Å²) in [5.41, 5.74) is 0. The zero-order valence-corrected chi connectivity index (χ0v) is 10.7. The summed E-state index contributed by atoms with van der Waals surface area (Å²) in [5, 5.41) is 3.62. The Kier molecular flexibility index (Phi) is 6.11. The molecule has 1 N–H and O–H groups in total. The van der Waals surface area contributed by atoms with Gasteiger partial charge in [0, 0.05) is 18.9 Å². The minimum absolute atomic E-state index is 0.435. The molecule has 1 aromatic heterocycles. The van der Waals surface area contributed by atoms with E-state index >= 15 is 0 Å². The van der Waals surface area contributed by atoms with Crippen molar-refractivity contribution < 1.29 is 0 Å². The molecule has 0 aromatic carbocycles. The quantitative estimate of drug-likeness (QED) is 0.745. The zero-order chi connectivity index (χ0) is 11.8. The smallest absolute Gasteiger partial charge is 0.171 e. The van der Waals surface area contributed by atoms with Gasteiger partial charge in [0.1, 0.15) is 0 Å². The molecule has 0 aliphatic heterocycles. The van der Waals surface area contributed by atoms with E-state index in [-0.39, 0.29) is 0 Å². The van der Waals surface area contributed by atoms with Crippen LogP contribution in [-0.4, -0.2) is 41.0 Å². The normalized spacial score (nSPS) is 10.8. The van der Waals surface area contributed by atoms with Crippen molar-refractivity contribution in [1.82, 2.24) is 14.9 Å². The number of aromatic nitrogens is 2. The van der Waals surface area contributed by atoms with Crippen molar-refractivity contribution in [3.63, 3.8) is 0 Å². The van der Waals surface area contributed by atoms with E-state index < -0.39 is 0 Å². The van der Waals surface area contributed by atoms with Crippen LogP contribution in [0.15, 0.2) is 12.4 Å². The minimum atomic E-state index is 0.435. The van der Waals surface area contributed by atoms with Crippen LogP contribution >= 0.6 is 11.6 Å². The van der Waals surface area contributed by atoms with Gasteiger partial charge in [-0.15, -0.1) is 0 Å². The van der Waals surface area contributed by atoms with Crippen LogP contribution in [-0.2, 0) is 0 Å². The Morgan fingerprint density at radius 2 is 1.94 bits per heavy atom. The lowest BCUT2D eigenvalue weighted by Crippen LogP contribution is -2.25. The van der Waals surface area contributed by atoms with Crippen LogP contribution in [0.4, 0.5) is 5.82 Å². The highest BCUT2D eigenvalue weighted by Crippen LogP contribution is 2.13. The first-order valence-electron chi connectivity index (χ1n) is 5.70. The molecule has 0 unspecified atom stereocenters. The van der Waals surface area contributed by atoms with Gasteiger partial charge < -0.3 is 10.2 Å². The van der Waals surface area contributed by atoms with Gasteiger partial charge in [-0.3, -0.25) is 0 Å². The maximum Gasteiger partial charge on any atom is 0.171 e. The maximum atomic E-state index is 5.87. The molecule has 0 atom stereocenters. The third-order valence-corrected chi connectivity index (χ3v) is 2.77. The molecule has 0 bridgehead atoms. The lowest BCUT2D eigenvalue weighted by molar-refractivity contribution is 0.303.